The standard InChI is InChI=1S/C15H21N3O4/c1-21-13-4-2-3-5-14(13)22-11-6-16-15(20)18-9-7-17(12-19)8-10-18/h2-5,12H,6-11H2,1H3,(H,16,20). The first-order valence-electron chi connectivity index (χ1n) is 7.22. The van der Waals surface area contributed by atoms with E-state index in [-0.39, 0.29) is 6.03 Å². The monoisotopic (exact) mass is 307 g/mol. The maximum Gasteiger partial charge on any atom is 0.317 e. The van der Waals surface area contributed by atoms with Gasteiger partial charge >= 0.3 is 6.03 Å². The van der Waals surface area contributed by atoms with Crippen LogP contribution in [0.4, 0.5) is 4.79 Å². The second-order valence-corrected chi connectivity index (χ2v) is 4.86. The van der Waals surface area contributed by atoms with Crippen LogP contribution in [-0.4, -0.2) is 68.7 Å². The van der Waals surface area contributed by atoms with Crippen LogP contribution in [0.3, 0.4) is 0 Å². The predicted molar refractivity (Wildman–Crippen MR) is 81.1 cm³/mol. The first kappa shape index (κ1) is 15.9. The van der Waals surface area contributed by atoms with Gasteiger partial charge in [0.1, 0.15) is 6.61 Å². The Morgan fingerprint density at radius 2 is 1.91 bits per heavy atom. The van der Waals surface area contributed by atoms with Crippen molar-refractivity contribution < 1.29 is 19.1 Å². The summed E-state index contributed by atoms with van der Waals surface area (Å²) in [6.07, 6.45) is 0.816. The number of carbonyl (C=O) groups is 2. The lowest BCUT2D eigenvalue weighted by molar-refractivity contribution is -0.119. The van der Waals surface area contributed by atoms with Crippen molar-refractivity contribution in [3.8, 4) is 11.5 Å². The minimum atomic E-state index is -0.130. The smallest absolute Gasteiger partial charge is 0.317 e. The highest BCUT2D eigenvalue weighted by atomic mass is 16.5. The van der Waals surface area contributed by atoms with Crippen molar-refractivity contribution in [3.05, 3.63) is 24.3 Å². The molecule has 3 amide bonds. The van der Waals surface area contributed by atoms with E-state index in [1.807, 2.05) is 24.3 Å². The van der Waals surface area contributed by atoms with Crippen molar-refractivity contribution >= 4 is 12.4 Å². The number of nitrogens with one attached hydrogen (secondary N) is 1. The Morgan fingerprint density at radius 3 is 2.55 bits per heavy atom. The van der Waals surface area contributed by atoms with Crippen LogP contribution < -0.4 is 14.8 Å². The topological polar surface area (TPSA) is 71.1 Å². The maximum absolute atomic E-state index is 12.0. The second-order valence-electron chi connectivity index (χ2n) is 4.86. The number of hydrogen-bond acceptors (Lipinski definition) is 4. The zero-order valence-electron chi connectivity index (χ0n) is 12.7. The molecule has 1 aliphatic rings. The lowest BCUT2D eigenvalue weighted by Gasteiger charge is -2.32. The van der Waals surface area contributed by atoms with Crippen molar-refractivity contribution in [2.45, 2.75) is 0 Å². The van der Waals surface area contributed by atoms with Gasteiger partial charge in [0.2, 0.25) is 6.41 Å². The van der Waals surface area contributed by atoms with Gasteiger partial charge in [-0.05, 0) is 12.1 Å². The van der Waals surface area contributed by atoms with Gasteiger partial charge in [-0.15, -0.1) is 0 Å². The minimum Gasteiger partial charge on any atom is -0.493 e. The third-order valence-electron chi connectivity index (χ3n) is 3.46. The van der Waals surface area contributed by atoms with Crippen LogP contribution in [-0.2, 0) is 4.79 Å². The van der Waals surface area contributed by atoms with Crippen LogP contribution in [0.2, 0.25) is 0 Å². The van der Waals surface area contributed by atoms with Gasteiger partial charge in [-0.3, -0.25) is 4.79 Å². The largest absolute Gasteiger partial charge is 0.493 e. The molecule has 0 spiro atoms. The number of nitrogens with zero attached hydrogens (tertiary/aromatic N) is 2. The van der Waals surface area contributed by atoms with Gasteiger partial charge in [0.05, 0.1) is 13.7 Å². The number of hydrogen-bond donors (Lipinski definition) is 1. The molecule has 0 bridgehead atoms. The average Bonchev–Trinajstić information content (AvgIpc) is 2.59. The number of carbonyl (C=O) groups excluding carboxylic acids is 2. The first-order chi connectivity index (χ1) is 10.7. The Kier molecular flexibility index (Phi) is 5.88. The van der Waals surface area contributed by atoms with Crippen molar-refractivity contribution in [1.82, 2.24) is 15.1 Å². The Bertz CT molecular complexity index is 501. The number of para-hydroxylation sites is 2. The number of urea groups is 1. The molecule has 1 aromatic rings. The van der Waals surface area contributed by atoms with Crippen LogP contribution in [0.1, 0.15) is 0 Å². The molecule has 120 valence electrons. The quantitative estimate of drug-likeness (QED) is 0.616. The van der Waals surface area contributed by atoms with Gasteiger partial charge < -0.3 is 24.6 Å². The van der Waals surface area contributed by atoms with Gasteiger partial charge in [-0.25, -0.2) is 4.79 Å². The molecule has 22 heavy (non-hydrogen) atoms. The predicted octanol–water partition coefficient (Wildman–Crippen LogP) is 0.558. The van der Waals surface area contributed by atoms with E-state index in [1.165, 1.54) is 0 Å². The lowest BCUT2D eigenvalue weighted by Crippen LogP contribution is -2.51. The summed E-state index contributed by atoms with van der Waals surface area (Å²) in [5, 5.41) is 2.81. The lowest BCUT2D eigenvalue weighted by atomic mass is 10.3. The molecule has 0 unspecified atom stereocenters. The van der Waals surface area contributed by atoms with Crippen LogP contribution in [0.15, 0.2) is 24.3 Å². The van der Waals surface area contributed by atoms with E-state index < -0.39 is 0 Å². The summed E-state index contributed by atoms with van der Waals surface area (Å²) in [5.74, 6) is 1.32. The van der Waals surface area contributed by atoms with Crippen molar-refractivity contribution in [3.63, 3.8) is 0 Å². The highest BCUT2D eigenvalue weighted by Crippen LogP contribution is 2.25. The molecule has 1 aliphatic heterocycles. The van der Waals surface area contributed by atoms with Gasteiger partial charge in [0.15, 0.2) is 11.5 Å². The van der Waals surface area contributed by atoms with Crippen molar-refractivity contribution in [1.29, 1.82) is 0 Å². The molecule has 1 fully saturated rings. The molecule has 0 aliphatic carbocycles. The van der Waals surface area contributed by atoms with E-state index >= 15 is 0 Å². The number of rotatable bonds is 6. The van der Waals surface area contributed by atoms with E-state index in [4.69, 9.17) is 9.47 Å². The Labute approximate surface area is 129 Å². The number of amides is 3. The SMILES string of the molecule is COc1ccccc1OCCNC(=O)N1CCN(C=O)CC1. The normalized spacial score (nSPS) is 14.4. The summed E-state index contributed by atoms with van der Waals surface area (Å²) >= 11 is 0. The van der Waals surface area contributed by atoms with Gasteiger partial charge in [-0.1, -0.05) is 12.1 Å². The number of methoxy groups -OCH3 is 1. The Hall–Kier alpha value is -2.44. The Morgan fingerprint density at radius 1 is 1.23 bits per heavy atom. The van der Waals surface area contributed by atoms with E-state index in [2.05, 4.69) is 5.32 Å². The van der Waals surface area contributed by atoms with Crippen molar-refractivity contribution in [2.75, 3.05) is 46.4 Å². The summed E-state index contributed by atoms with van der Waals surface area (Å²) in [5.41, 5.74) is 0. The first-order valence-corrected chi connectivity index (χ1v) is 7.22. The molecule has 2 rings (SSSR count). The van der Waals surface area contributed by atoms with Gasteiger partial charge in [-0.2, -0.15) is 0 Å². The summed E-state index contributed by atoms with van der Waals surface area (Å²) in [6, 6.07) is 7.24. The van der Waals surface area contributed by atoms with E-state index in [0.717, 1.165) is 6.41 Å². The summed E-state index contributed by atoms with van der Waals surface area (Å²) in [7, 11) is 1.59. The van der Waals surface area contributed by atoms with Crippen LogP contribution in [0, 0.1) is 0 Å². The molecule has 1 heterocycles. The maximum atomic E-state index is 12.0. The Balaban J connectivity index is 1.68. The molecule has 0 aromatic heterocycles. The molecular formula is C15H21N3O4. The zero-order chi connectivity index (χ0) is 15.8. The highest BCUT2D eigenvalue weighted by Gasteiger charge is 2.19. The van der Waals surface area contributed by atoms with Gasteiger partial charge in [0, 0.05) is 26.2 Å². The average molecular weight is 307 g/mol. The molecule has 1 saturated heterocycles. The van der Waals surface area contributed by atoms with Crippen LogP contribution in [0.25, 0.3) is 0 Å². The molecule has 7 nitrogen and oxygen atoms in total. The minimum absolute atomic E-state index is 0.130. The molecule has 0 atom stereocenters. The third kappa shape index (κ3) is 4.28. The number of benzene rings is 1. The van der Waals surface area contributed by atoms with E-state index in [9.17, 15) is 9.59 Å². The van der Waals surface area contributed by atoms with Crippen LogP contribution >= 0.6 is 0 Å². The van der Waals surface area contributed by atoms with Gasteiger partial charge in [0.25, 0.3) is 0 Å². The highest BCUT2D eigenvalue weighted by molar-refractivity contribution is 5.74. The molecule has 0 saturated carbocycles. The molecule has 0 radical (unpaired) electrons. The summed E-state index contributed by atoms with van der Waals surface area (Å²) < 4.78 is 10.8. The second kappa shape index (κ2) is 8.11. The van der Waals surface area contributed by atoms with Crippen molar-refractivity contribution in [2.24, 2.45) is 0 Å². The number of ether oxygens (including phenoxy) is 2. The van der Waals surface area contributed by atoms with E-state index in [1.54, 1.807) is 16.9 Å². The summed E-state index contributed by atoms with van der Waals surface area (Å²) in [6.45, 7) is 3.03. The fourth-order valence-electron chi connectivity index (χ4n) is 2.20. The molecule has 1 aromatic carbocycles. The fraction of sp³-hybridized carbons (Fsp3) is 0.467. The molecular weight excluding hydrogens is 286 g/mol. The zero-order valence-corrected chi connectivity index (χ0v) is 12.7. The van der Waals surface area contributed by atoms with E-state index in [0.29, 0.717) is 50.8 Å². The molecule has 7 heteroatoms. The third-order valence-corrected chi connectivity index (χ3v) is 3.46. The molecule has 1 N–H and O–H groups in total. The number of piperazine rings is 1. The fourth-order valence-corrected chi connectivity index (χ4v) is 2.20. The summed E-state index contributed by atoms with van der Waals surface area (Å²) in [4.78, 5) is 25.9. The van der Waals surface area contributed by atoms with Crippen LogP contribution in [0.5, 0.6) is 11.5 Å².